The van der Waals surface area contributed by atoms with Crippen LogP contribution in [0.25, 0.3) is 11.6 Å². The fraction of sp³-hybridized carbons (Fsp3) is 0.125. The quantitative estimate of drug-likeness (QED) is 0.478. The molecule has 4 nitrogen and oxygen atoms in total. The maximum atomic E-state index is 13.2. The van der Waals surface area contributed by atoms with E-state index in [4.69, 9.17) is 9.47 Å². The first-order valence-electron chi connectivity index (χ1n) is 8.98. The van der Waals surface area contributed by atoms with Crippen LogP contribution in [0.4, 0.5) is 5.69 Å². The van der Waals surface area contributed by atoms with Crippen molar-refractivity contribution in [2.45, 2.75) is 6.92 Å². The molecule has 0 atom stereocenters. The van der Waals surface area contributed by atoms with E-state index in [1.165, 1.54) is 0 Å². The Kier molecular flexibility index (Phi) is 6.12. The van der Waals surface area contributed by atoms with E-state index in [-0.39, 0.29) is 5.91 Å². The average molecular weight is 373 g/mol. The van der Waals surface area contributed by atoms with Crippen LogP contribution >= 0.6 is 0 Å². The van der Waals surface area contributed by atoms with Gasteiger partial charge in [-0.25, -0.2) is 0 Å². The second-order valence-corrected chi connectivity index (χ2v) is 6.36. The third-order valence-corrected chi connectivity index (χ3v) is 4.36. The van der Waals surface area contributed by atoms with Gasteiger partial charge in [0.2, 0.25) is 0 Å². The lowest BCUT2D eigenvalue weighted by atomic mass is 10.0. The summed E-state index contributed by atoms with van der Waals surface area (Å²) in [5.41, 5.74) is 3.99. The number of methoxy groups -OCH3 is 2. The molecule has 142 valence electrons. The molecular formula is C24H23NO3. The lowest BCUT2D eigenvalue weighted by molar-refractivity contribution is -0.111. The number of nitrogens with one attached hydrogen (secondary N) is 1. The molecule has 0 saturated carbocycles. The van der Waals surface area contributed by atoms with Crippen molar-refractivity contribution in [1.82, 2.24) is 0 Å². The van der Waals surface area contributed by atoms with Gasteiger partial charge >= 0.3 is 0 Å². The van der Waals surface area contributed by atoms with Gasteiger partial charge in [-0.05, 0) is 54.0 Å². The van der Waals surface area contributed by atoms with Gasteiger partial charge in [0.05, 0.1) is 19.9 Å². The van der Waals surface area contributed by atoms with E-state index in [2.05, 4.69) is 5.32 Å². The maximum Gasteiger partial charge on any atom is 0.256 e. The predicted molar refractivity (Wildman–Crippen MR) is 114 cm³/mol. The summed E-state index contributed by atoms with van der Waals surface area (Å²) in [6.45, 7) is 1.97. The minimum Gasteiger partial charge on any atom is -0.497 e. The normalized spacial score (nSPS) is 11.0. The van der Waals surface area contributed by atoms with E-state index in [0.717, 1.165) is 22.4 Å². The molecule has 1 N–H and O–H groups in total. The van der Waals surface area contributed by atoms with Crippen LogP contribution in [0.1, 0.15) is 16.7 Å². The van der Waals surface area contributed by atoms with Crippen molar-refractivity contribution in [2.24, 2.45) is 0 Å². The Balaban J connectivity index is 1.98. The first-order valence-corrected chi connectivity index (χ1v) is 8.98. The lowest BCUT2D eigenvalue weighted by Gasteiger charge is -2.13. The first kappa shape index (κ1) is 19.2. The largest absolute Gasteiger partial charge is 0.497 e. The maximum absolute atomic E-state index is 13.2. The van der Waals surface area contributed by atoms with Gasteiger partial charge in [0.1, 0.15) is 11.5 Å². The second kappa shape index (κ2) is 8.91. The standard InChI is InChI=1S/C24H23NO3/c1-17-9-14-23(28-3)22(15-17)25-24(26)21(19-7-5-4-6-8-19)16-18-10-12-20(27-2)13-11-18/h4-16H,1-3H3,(H,25,26). The van der Waals surface area contributed by atoms with Gasteiger partial charge in [-0.3, -0.25) is 4.79 Å². The molecule has 3 aromatic carbocycles. The summed E-state index contributed by atoms with van der Waals surface area (Å²) in [7, 11) is 3.22. The Hall–Kier alpha value is -3.53. The van der Waals surface area contributed by atoms with Crippen LogP contribution in [0.2, 0.25) is 0 Å². The average Bonchev–Trinajstić information content (AvgIpc) is 2.73. The molecule has 0 aliphatic rings. The molecular weight excluding hydrogens is 350 g/mol. The number of benzene rings is 3. The highest BCUT2D eigenvalue weighted by Crippen LogP contribution is 2.28. The zero-order chi connectivity index (χ0) is 19.9. The number of aryl methyl sites for hydroxylation is 1. The zero-order valence-corrected chi connectivity index (χ0v) is 16.2. The van der Waals surface area contributed by atoms with Gasteiger partial charge in [-0.2, -0.15) is 0 Å². The van der Waals surface area contributed by atoms with Crippen molar-refractivity contribution >= 4 is 23.2 Å². The fourth-order valence-corrected chi connectivity index (χ4v) is 2.87. The molecule has 3 aromatic rings. The highest BCUT2D eigenvalue weighted by Gasteiger charge is 2.15. The van der Waals surface area contributed by atoms with E-state index in [1.807, 2.05) is 85.8 Å². The van der Waals surface area contributed by atoms with Crippen LogP contribution in [-0.4, -0.2) is 20.1 Å². The van der Waals surface area contributed by atoms with Gasteiger partial charge in [0.25, 0.3) is 5.91 Å². The monoisotopic (exact) mass is 373 g/mol. The zero-order valence-electron chi connectivity index (χ0n) is 16.2. The van der Waals surface area contributed by atoms with E-state index >= 15 is 0 Å². The molecule has 0 bridgehead atoms. The van der Waals surface area contributed by atoms with Crippen LogP contribution < -0.4 is 14.8 Å². The fourth-order valence-electron chi connectivity index (χ4n) is 2.87. The highest BCUT2D eigenvalue weighted by atomic mass is 16.5. The molecule has 0 spiro atoms. The minimum atomic E-state index is -0.203. The lowest BCUT2D eigenvalue weighted by Crippen LogP contribution is -2.14. The Morgan fingerprint density at radius 2 is 1.61 bits per heavy atom. The van der Waals surface area contributed by atoms with Crippen LogP contribution in [-0.2, 0) is 4.79 Å². The van der Waals surface area contributed by atoms with Crippen molar-refractivity contribution in [2.75, 3.05) is 19.5 Å². The van der Waals surface area contributed by atoms with Crippen LogP contribution in [0, 0.1) is 6.92 Å². The number of hydrogen-bond acceptors (Lipinski definition) is 3. The topological polar surface area (TPSA) is 47.6 Å². The molecule has 0 aliphatic carbocycles. The number of ether oxygens (including phenoxy) is 2. The van der Waals surface area contributed by atoms with Crippen LogP contribution in [0.15, 0.2) is 72.8 Å². The summed E-state index contributed by atoms with van der Waals surface area (Å²) in [6, 6.07) is 22.9. The number of anilines is 1. The molecule has 0 aliphatic heterocycles. The second-order valence-electron chi connectivity index (χ2n) is 6.36. The molecule has 28 heavy (non-hydrogen) atoms. The number of amides is 1. The smallest absolute Gasteiger partial charge is 0.256 e. The minimum absolute atomic E-state index is 0.203. The Morgan fingerprint density at radius 3 is 2.25 bits per heavy atom. The summed E-state index contributed by atoms with van der Waals surface area (Å²) in [4.78, 5) is 13.2. The van der Waals surface area contributed by atoms with Crippen molar-refractivity contribution in [3.63, 3.8) is 0 Å². The molecule has 0 fully saturated rings. The van der Waals surface area contributed by atoms with Crippen molar-refractivity contribution in [3.8, 4) is 11.5 Å². The van der Waals surface area contributed by atoms with Crippen LogP contribution in [0.5, 0.6) is 11.5 Å². The van der Waals surface area contributed by atoms with Gasteiger partial charge in [-0.1, -0.05) is 48.5 Å². The Labute approximate surface area is 165 Å². The summed E-state index contributed by atoms with van der Waals surface area (Å²) in [5.74, 6) is 1.19. The van der Waals surface area contributed by atoms with Crippen molar-refractivity contribution in [3.05, 3.63) is 89.5 Å². The molecule has 3 rings (SSSR count). The van der Waals surface area contributed by atoms with Crippen molar-refractivity contribution < 1.29 is 14.3 Å². The third-order valence-electron chi connectivity index (χ3n) is 4.36. The van der Waals surface area contributed by atoms with Gasteiger partial charge < -0.3 is 14.8 Å². The SMILES string of the molecule is COc1ccc(C=C(C(=O)Nc2cc(C)ccc2OC)c2ccccc2)cc1. The molecule has 0 aromatic heterocycles. The number of carbonyl (C=O) groups is 1. The van der Waals surface area contributed by atoms with E-state index in [0.29, 0.717) is 17.0 Å². The van der Waals surface area contributed by atoms with Crippen molar-refractivity contribution in [1.29, 1.82) is 0 Å². The number of rotatable bonds is 6. The highest BCUT2D eigenvalue weighted by molar-refractivity contribution is 6.29. The van der Waals surface area contributed by atoms with Gasteiger partial charge in [0.15, 0.2) is 0 Å². The Bertz CT molecular complexity index is 976. The Morgan fingerprint density at radius 1 is 0.893 bits per heavy atom. The molecule has 4 heteroatoms. The van der Waals surface area contributed by atoms with Gasteiger partial charge in [0, 0.05) is 5.57 Å². The van der Waals surface area contributed by atoms with E-state index in [9.17, 15) is 4.79 Å². The van der Waals surface area contributed by atoms with E-state index < -0.39 is 0 Å². The molecule has 1 amide bonds. The molecule has 0 heterocycles. The summed E-state index contributed by atoms with van der Waals surface area (Å²) >= 11 is 0. The molecule has 0 unspecified atom stereocenters. The van der Waals surface area contributed by atoms with E-state index in [1.54, 1.807) is 14.2 Å². The van der Waals surface area contributed by atoms with Crippen LogP contribution in [0.3, 0.4) is 0 Å². The predicted octanol–water partition coefficient (Wildman–Crippen LogP) is 5.19. The first-order chi connectivity index (χ1) is 13.6. The summed E-state index contributed by atoms with van der Waals surface area (Å²) < 4.78 is 10.6. The van der Waals surface area contributed by atoms with Gasteiger partial charge in [-0.15, -0.1) is 0 Å². The number of carbonyl (C=O) groups excluding carboxylic acids is 1. The molecule has 0 saturated heterocycles. The summed E-state index contributed by atoms with van der Waals surface area (Å²) in [6.07, 6.45) is 1.87. The third kappa shape index (κ3) is 4.60. The summed E-state index contributed by atoms with van der Waals surface area (Å²) in [5, 5.41) is 2.99. The number of hydrogen-bond donors (Lipinski definition) is 1. The molecule has 0 radical (unpaired) electrons.